The van der Waals surface area contributed by atoms with Crippen molar-refractivity contribution in [2.75, 3.05) is 0 Å². The first-order chi connectivity index (χ1) is 6.59. The molecule has 0 saturated carbocycles. The molecule has 0 atom stereocenters. The van der Waals surface area contributed by atoms with E-state index in [1.807, 2.05) is 0 Å². The average Bonchev–Trinajstić information content (AvgIpc) is 2.23. The zero-order valence-electron chi connectivity index (χ0n) is 13.2. The molecule has 1 rings (SSSR count). The van der Waals surface area contributed by atoms with E-state index in [0.717, 1.165) is 0 Å². The third-order valence-corrected chi connectivity index (χ3v) is 7.97. The molecule has 112 valence electrons. The molecule has 4 heteroatoms. The molecule has 0 amide bonds. The summed E-state index contributed by atoms with van der Waals surface area (Å²) in [7, 11) is 0. The molecule has 0 radical (unpaired) electrons. The minimum absolute atomic E-state index is 0. The molecule has 1 aliphatic rings. The number of halogens is 2. The third kappa shape index (κ3) is 13.2. The minimum atomic E-state index is -2.61. The van der Waals surface area contributed by atoms with E-state index in [-0.39, 0.29) is 24.8 Å². The van der Waals surface area contributed by atoms with Crippen LogP contribution in [0.1, 0.15) is 27.2 Å². The van der Waals surface area contributed by atoms with Gasteiger partial charge in [-0.3, -0.25) is 0 Å². The molecule has 0 aromatic heterocycles. The molecule has 0 aliphatic heterocycles. The monoisotopic (exact) mass is 334 g/mol. The van der Waals surface area contributed by atoms with Crippen LogP contribution in [0.5, 0.6) is 0 Å². The van der Waals surface area contributed by atoms with E-state index >= 15 is 0 Å². The van der Waals surface area contributed by atoms with Gasteiger partial charge in [-0.05, 0) is 20.8 Å². The first kappa shape index (κ1) is 23.8. The van der Waals surface area contributed by atoms with Crippen LogP contribution in [0.25, 0.3) is 0 Å². The van der Waals surface area contributed by atoms with Gasteiger partial charge in [-0.1, -0.05) is 0 Å². The maximum absolute atomic E-state index is 8.52. The molecule has 0 fully saturated rings. The number of hydrogen-bond acceptors (Lipinski definition) is 1. The van der Waals surface area contributed by atoms with Crippen LogP contribution in [0, 0.1) is 0 Å². The van der Waals surface area contributed by atoms with Crippen LogP contribution < -0.4 is 0 Å². The number of aliphatic hydroxyl groups is 1. The van der Waals surface area contributed by atoms with Gasteiger partial charge in [-0.25, -0.2) is 0 Å². The van der Waals surface area contributed by atoms with Crippen LogP contribution in [-0.4, -0.2) is 10.7 Å². The molecule has 1 aliphatic carbocycles. The Kier molecular flexibility index (Phi) is 7.95. The first-order valence-electron chi connectivity index (χ1n) is 6.19. The fourth-order valence-electron chi connectivity index (χ4n) is 1.37. The van der Waals surface area contributed by atoms with Gasteiger partial charge in [0.15, 0.2) is 0 Å². The predicted molar refractivity (Wildman–Crippen MR) is 87.6 cm³/mol. The Bertz CT molecular complexity index is 308. The number of hydrogen-bond donors (Lipinski definition) is 1. The normalized spacial score (nSPS) is 18.2. The van der Waals surface area contributed by atoms with Crippen LogP contribution in [0.4, 0.5) is 0 Å². The van der Waals surface area contributed by atoms with Gasteiger partial charge < -0.3 is 5.11 Å². The molecule has 1 nitrogen and oxygen atoms in total. The molecule has 0 bridgehead atoms. The fraction of sp³-hybridized carbons (Fsp3) is 0.714. The summed E-state index contributed by atoms with van der Waals surface area (Å²) < 4.78 is 1.70. The molecule has 1 N–H and O–H groups in total. The number of rotatable bonds is 1. The number of allylic oxidation sites excluding steroid dienone is 4. The quantitative estimate of drug-likeness (QED) is 0.590. The van der Waals surface area contributed by atoms with E-state index in [1.165, 1.54) is 6.42 Å². The van der Waals surface area contributed by atoms with E-state index in [4.69, 9.17) is 5.11 Å². The van der Waals surface area contributed by atoms with Crippen molar-refractivity contribution in [2.24, 2.45) is 0 Å². The van der Waals surface area contributed by atoms with Gasteiger partial charge in [0.1, 0.15) is 0 Å². The van der Waals surface area contributed by atoms with Crippen molar-refractivity contribution >= 4 is 24.8 Å². The van der Waals surface area contributed by atoms with Gasteiger partial charge in [-0.2, -0.15) is 0 Å². The van der Waals surface area contributed by atoms with Gasteiger partial charge in [0.2, 0.25) is 0 Å². The van der Waals surface area contributed by atoms with Crippen LogP contribution in [0.3, 0.4) is 0 Å². The van der Waals surface area contributed by atoms with Crippen LogP contribution in [0.2, 0.25) is 26.1 Å². The average molecular weight is 335 g/mol. The Labute approximate surface area is 124 Å². The van der Waals surface area contributed by atoms with Gasteiger partial charge in [-0.15, -0.1) is 24.8 Å². The van der Waals surface area contributed by atoms with Crippen molar-refractivity contribution in [2.45, 2.75) is 58.9 Å². The second-order valence-corrected chi connectivity index (χ2v) is 30.3. The summed E-state index contributed by atoms with van der Waals surface area (Å²) in [4.78, 5) is 0. The first-order valence-corrected chi connectivity index (χ1v) is 14.8. The summed E-state index contributed by atoms with van der Waals surface area (Å²) in [5, 5.41) is 20.9. The van der Waals surface area contributed by atoms with E-state index in [9.17, 15) is 0 Å². The van der Waals surface area contributed by atoms with E-state index in [0.29, 0.717) is 0 Å². The molecule has 0 heterocycles. The SMILES string of the molecule is CC(C)(C)O.Cl.Cl.[CH3][Ti]([CH3])([CH3])([CH3])([CH3])[C]1=CC=CC1. The van der Waals surface area contributed by atoms with Gasteiger partial charge in [0, 0.05) is 0 Å². The summed E-state index contributed by atoms with van der Waals surface area (Å²) in [6, 6.07) is 0. The summed E-state index contributed by atoms with van der Waals surface area (Å²) in [5.41, 5.74) is -0.500. The zero-order valence-corrected chi connectivity index (χ0v) is 16.4. The second-order valence-electron chi connectivity index (χ2n) is 9.75. The Morgan fingerprint density at radius 2 is 1.33 bits per heavy atom. The van der Waals surface area contributed by atoms with Gasteiger partial charge >= 0.3 is 68.7 Å². The van der Waals surface area contributed by atoms with Crippen LogP contribution >= 0.6 is 24.8 Å². The van der Waals surface area contributed by atoms with Crippen molar-refractivity contribution in [3.05, 3.63) is 22.1 Å². The van der Waals surface area contributed by atoms with Crippen molar-refractivity contribution in [1.82, 2.24) is 0 Å². The standard InChI is InChI=1S/C5H5.C4H10O.5CH3.2ClH.Ti/c1-2-4-5-3-1;1-4(2,3)5;;;;;;;;/h1-3H,4H2;5H,1-3H3;5*1H3;2*1H;. The zero-order chi connectivity index (χ0) is 13.3. The Morgan fingerprint density at radius 3 is 1.44 bits per heavy atom. The topological polar surface area (TPSA) is 20.2 Å². The molecule has 0 unspecified atom stereocenters. The Balaban J connectivity index is -0.000000282. The second kappa shape index (κ2) is 6.01. The molecule has 0 aromatic carbocycles. The molecular weight excluding hydrogens is 303 g/mol. The van der Waals surface area contributed by atoms with Crippen molar-refractivity contribution in [1.29, 1.82) is 0 Å². The maximum atomic E-state index is 8.52. The molecular formula is C14H32Cl2OTi. The van der Waals surface area contributed by atoms with Crippen LogP contribution in [0.15, 0.2) is 22.1 Å². The molecule has 0 aromatic rings. The summed E-state index contributed by atoms with van der Waals surface area (Å²) in [6.45, 7) is 5.23. The Morgan fingerprint density at radius 1 is 1.00 bits per heavy atom. The van der Waals surface area contributed by atoms with Gasteiger partial charge in [0.05, 0.1) is 5.60 Å². The summed E-state index contributed by atoms with van der Waals surface area (Å²) in [5.74, 6) is 0. The molecule has 0 saturated heterocycles. The van der Waals surface area contributed by atoms with Gasteiger partial charge in [0.25, 0.3) is 0 Å². The van der Waals surface area contributed by atoms with Crippen molar-refractivity contribution in [3.8, 4) is 0 Å². The summed E-state index contributed by atoms with van der Waals surface area (Å²) in [6.07, 6.45) is 7.98. The predicted octanol–water partition coefficient (Wildman–Crippen LogP) is 5.92. The fourth-order valence-corrected chi connectivity index (χ4v) is 4.60. The van der Waals surface area contributed by atoms with E-state index in [2.05, 4.69) is 44.4 Å². The van der Waals surface area contributed by atoms with E-state index in [1.54, 1.807) is 24.6 Å². The molecule has 18 heavy (non-hydrogen) atoms. The van der Waals surface area contributed by atoms with Crippen molar-refractivity contribution < 1.29 is 19.1 Å². The third-order valence-electron chi connectivity index (χ3n) is 2.38. The summed E-state index contributed by atoms with van der Waals surface area (Å²) >= 11 is -2.61. The van der Waals surface area contributed by atoms with Crippen LogP contribution in [-0.2, 0) is 14.0 Å². The van der Waals surface area contributed by atoms with Crippen molar-refractivity contribution in [3.63, 3.8) is 0 Å². The van der Waals surface area contributed by atoms with E-state index < -0.39 is 19.6 Å². The Hall–Kier alpha value is 0.734. The molecule has 0 spiro atoms.